The summed E-state index contributed by atoms with van der Waals surface area (Å²) in [5.41, 5.74) is 1.14. The second kappa shape index (κ2) is 7.74. The Bertz CT molecular complexity index is 728. The van der Waals surface area contributed by atoms with Gasteiger partial charge in [-0.05, 0) is 33.3 Å². The zero-order valence-electron chi connectivity index (χ0n) is 13.5. The maximum absolute atomic E-state index is 11.8. The molecule has 0 aliphatic carbocycles. The number of hydrogen-bond acceptors (Lipinski definition) is 7. The molecule has 0 fully saturated rings. The number of amides is 1. The van der Waals surface area contributed by atoms with Crippen LogP contribution in [0, 0.1) is 13.8 Å². The highest BCUT2D eigenvalue weighted by molar-refractivity contribution is 8.00. The van der Waals surface area contributed by atoms with Gasteiger partial charge in [-0.1, -0.05) is 11.8 Å². The second-order valence-electron chi connectivity index (χ2n) is 5.31. The summed E-state index contributed by atoms with van der Waals surface area (Å²) in [4.78, 5) is 33.8. The molecular weight excluding hydrogens is 334 g/mol. The fraction of sp³-hybridized carbons (Fsp3) is 0.467. The average Bonchev–Trinajstić information content (AvgIpc) is 2.78. The van der Waals surface area contributed by atoms with Gasteiger partial charge in [0.05, 0.1) is 5.75 Å². The third-order valence-corrected chi connectivity index (χ3v) is 5.15. The van der Waals surface area contributed by atoms with E-state index in [1.807, 2.05) is 27.7 Å². The molecule has 124 valence electrons. The molecule has 0 unspecified atom stereocenters. The van der Waals surface area contributed by atoms with Crippen molar-refractivity contribution in [2.45, 2.75) is 38.8 Å². The van der Waals surface area contributed by atoms with Crippen molar-refractivity contribution in [2.75, 3.05) is 12.4 Å². The Kier molecular flexibility index (Phi) is 5.95. The first kappa shape index (κ1) is 17.7. The van der Waals surface area contributed by atoms with Gasteiger partial charge in [0, 0.05) is 16.3 Å². The van der Waals surface area contributed by atoms with E-state index in [9.17, 15) is 9.59 Å². The summed E-state index contributed by atoms with van der Waals surface area (Å²) in [6, 6.07) is 0.0229. The number of fused-ring (bicyclic) bond motifs is 1. The predicted octanol–water partition coefficient (Wildman–Crippen LogP) is 2.47. The standard InChI is InChI=1S/C15H19N3O3S2/c1-8(2)18-11(19)5-21-12(20)6-22-14-13-9(3)10(4)23-15(13)17-7-16-14/h7-8H,5-6H2,1-4H3,(H,18,19). The average molecular weight is 353 g/mol. The Labute approximate surface area is 143 Å². The van der Waals surface area contributed by atoms with E-state index in [-0.39, 0.29) is 24.3 Å². The lowest BCUT2D eigenvalue weighted by atomic mass is 10.2. The number of thiophene rings is 1. The van der Waals surface area contributed by atoms with Gasteiger partial charge in [-0.25, -0.2) is 9.97 Å². The zero-order valence-corrected chi connectivity index (χ0v) is 15.1. The van der Waals surface area contributed by atoms with Gasteiger partial charge in [0.15, 0.2) is 6.61 Å². The SMILES string of the molecule is Cc1sc2ncnc(SCC(=O)OCC(=O)NC(C)C)c2c1C. The van der Waals surface area contributed by atoms with Crippen LogP contribution in [0.4, 0.5) is 0 Å². The van der Waals surface area contributed by atoms with Crippen LogP contribution < -0.4 is 5.32 Å². The summed E-state index contributed by atoms with van der Waals surface area (Å²) in [5, 5.41) is 4.42. The normalized spacial score (nSPS) is 11.0. The minimum absolute atomic E-state index is 0.0229. The highest BCUT2D eigenvalue weighted by atomic mass is 32.2. The van der Waals surface area contributed by atoms with Gasteiger partial charge in [0.1, 0.15) is 16.2 Å². The molecule has 0 atom stereocenters. The molecular formula is C15H19N3O3S2. The van der Waals surface area contributed by atoms with Crippen LogP contribution in [-0.2, 0) is 14.3 Å². The van der Waals surface area contributed by atoms with Gasteiger partial charge < -0.3 is 10.1 Å². The van der Waals surface area contributed by atoms with Crippen LogP contribution in [0.5, 0.6) is 0 Å². The van der Waals surface area contributed by atoms with Crippen LogP contribution in [0.25, 0.3) is 10.2 Å². The van der Waals surface area contributed by atoms with Gasteiger partial charge in [0.25, 0.3) is 5.91 Å². The lowest BCUT2D eigenvalue weighted by Gasteiger charge is -2.08. The number of ether oxygens (including phenoxy) is 1. The fourth-order valence-corrected chi connectivity index (χ4v) is 3.85. The Hall–Kier alpha value is -1.67. The molecule has 23 heavy (non-hydrogen) atoms. The number of nitrogens with one attached hydrogen (secondary N) is 1. The van der Waals surface area contributed by atoms with Crippen molar-refractivity contribution in [3.63, 3.8) is 0 Å². The summed E-state index contributed by atoms with van der Waals surface area (Å²) in [6.07, 6.45) is 1.50. The van der Waals surface area contributed by atoms with Gasteiger partial charge in [-0.15, -0.1) is 11.3 Å². The van der Waals surface area contributed by atoms with Crippen LogP contribution in [0.1, 0.15) is 24.3 Å². The highest BCUT2D eigenvalue weighted by Crippen LogP contribution is 2.34. The molecule has 0 aliphatic heterocycles. The molecule has 2 aromatic rings. The summed E-state index contributed by atoms with van der Waals surface area (Å²) in [6.45, 7) is 7.50. The van der Waals surface area contributed by atoms with Gasteiger partial charge in [-0.3, -0.25) is 9.59 Å². The molecule has 0 aromatic carbocycles. The number of aromatic nitrogens is 2. The number of hydrogen-bond donors (Lipinski definition) is 1. The number of esters is 1. The number of carbonyl (C=O) groups excluding carboxylic acids is 2. The smallest absolute Gasteiger partial charge is 0.316 e. The third kappa shape index (κ3) is 4.65. The second-order valence-corrected chi connectivity index (χ2v) is 7.48. The Morgan fingerprint density at radius 2 is 2.09 bits per heavy atom. The van der Waals surface area contributed by atoms with Crippen LogP contribution in [0.2, 0.25) is 0 Å². The molecule has 1 amide bonds. The van der Waals surface area contributed by atoms with Crippen molar-refractivity contribution in [1.82, 2.24) is 15.3 Å². The first-order valence-electron chi connectivity index (χ1n) is 7.17. The number of carbonyl (C=O) groups is 2. The summed E-state index contributed by atoms with van der Waals surface area (Å²) in [5.74, 6) is -0.632. The summed E-state index contributed by atoms with van der Waals surface area (Å²) < 4.78 is 4.96. The van der Waals surface area contributed by atoms with Crippen molar-refractivity contribution in [1.29, 1.82) is 0 Å². The Morgan fingerprint density at radius 1 is 1.35 bits per heavy atom. The predicted molar refractivity (Wildman–Crippen MR) is 91.9 cm³/mol. The quantitative estimate of drug-likeness (QED) is 0.488. The van der Waals surface area contributed by atoms with Crippen LogP contribution in [0.15, 0.2) is 11.4 Å². The number of thioether (sulfide) groups is 1. The van der Waals surface area contributed by atoms with E-state index in [1.165, 1.54) is 23.0 Å². The number of nitrogens with zero attached hydrogens (tertiary/aromatic N) is 2. The monoisotopic (exact) mass is 353 g/mol. The molecule has 0 radical (unpaired) electrons. The molecule has 6 nitrogen and oxygen atoms in total. The van der Waals surface area contributed by atoms with E-state index >= 15 is 0 Å². The van der Waals surface area contributed by atoms with Gasteiger partial charge >= 0.3 is 5.97 Å². The molecule has 0 saturated carbocycles. The maximum atomic E-state index is 11.8. The van der Waals surface area contributed by atoms with Crippen LogP contribution in [0.3, 0.4) is 0 Å². The minimum Gasteiger partial charge on any atom is -0.455 e. The van der Waals surface area contributed by atoms with E-state index in [2.05, 4.69) is 15.3 Å². The van der Waals surface area contributed by atoms with Crippen molar-refractivity contribution in [3.05, 3.63) is 16.8 Å². The fourth-order valence-electron chi connectivity index (χ4n) is 1.94. The lowest BCUT2D eigenvalue weighted by molar-refractivity contribution is -0.146. The molecule has 8 heteroatoms. The Balaban J connectivity index is 1.93. The van der Waals surface area contributed by atoms with Crippen molar-refractivity contribution in [3.8, 4) is 0 Å². The molecule has 0 aliphatic rings. The number of rotatable bonds is 6. The van der Waals surface area contributed by atoms with Crippen molar-refractivity contribution >= 4 is 45.2 Å². The van der Waals surface area contributed by atoms with Crippen molar-refractivity contribution < 1.29 is 14.3 Å². The van der Waals surface area contributed by atoms with Crippen LogP contribution in [-0.4, -0.2) is 40.2 Å². The summed E-state index contributed by atoms with van der Waals surface area (Å²) >= 11 is 2.91. The van der Waals surface area contributed by atoms with Crippen molar-refractivity contribution in [2.24, 2.45) is 0 Å². The molecule has 0 saturated heterocycles. The van der Waals surface area contributed by atoms with E-state index in [4.69, 9.17) is 4.74 Å². The van der Waals surface area contributed by atoms with E-state index < -0.39 is 5.97 Å². The van der Waals surface area contributed by atoms with E-state index in [0.29, 0.717) is 0 Å². The lowest BCUT2D eigenvalue weighted by Crippen LogP contribution is -2.34. The zero-order chi connectivity index (χ0) is 17.0. The first-order chi connectivity index (χ1) is 10.9. The molecule has 2 heterocycles. The van der Waals surface area contributed by atoms with Gasteiger partial charge in [0.2, 0.25) is 0 Å². The molecule has 2 rings (SSSR count). The Morgan fingerprint density at radius 3 is 2.78 bits per heavy atom. The largest absolute Gasteiger partial charge is 0.455 e. The maximum Gasteiger partial charge on any atom is 0.316 e. The molecule has 1 N–H and O–H groups in total. The van der Waals surface area contributed by atoms with Crippen LogP contribution >= 0.6 is 23.1 Å². The van der Waals surface area contributed by atoms with E-state index in [0.717, 1.165) is 20.8 Å². The number of aryl methyl sites for hydroxylation is 2. The molecule has 0 bridgehead atoms. The van der Waals surface area contributed by atoms with Gasteiger partial charge in [-0.2, -0.15) is 0 Å². The first-order valence-corrected chi connectivity index (χ1v) is 8.97. The highest BCUT2D eigenvalue weighted by Gasteiger charge is 2.15. The topological polar surface area (TPSA) is 81.2 Å². The minimum atomic E-state index is -0.440. The van der Waals surface area contributed by atoms with E-state index in [1.54, 1.807) is 11.3 Å². The molecule has 2 aromatic heterocycles. The molecule has 0 spiro atoms. The summed E-state index contributed by atoms with van der Waals surface area (Å²) in [7, 11) is 0. The third-order valence-electron chi connectivity index (χ3n) is 3.07.